The quantitative estimate of drug-likeness (QED) is 0.653. The average Bonchev–Trinajstić information content (AvgIpc) is 2.96. The zero-order valence-corrected chi connectivity index (χ0v) is 10.2. The second-order valence-corrected chi connectivity index (χ2v) is 4.98. The molecule has 88 valence electrons. The smallest absolute Gasteiger partial charge is 0.314 e. The number of urea groups is 1. The van der Waals surface area contributed by atoms with E-state index in [-0.39, 0.29) is 6.03 Å². The fourth-order valence-corrected chi connectivity index (χ4v) is 1.82. The largest absolute Gasteiger partial charge is 0.338 e. The molecule has 3 nitrogen and oxygen atoms in total. The monoisotopic (exact) mass is 212 g/mol. The van der Waals surface area contributed by atoms with Gasteiger partial charge in [0.15, 0.2) is 0 Å². The van der Waals surface area contributed by atoms with Crippen LogP contribution >= 0.6 is 0 Å². The molecule has 2 N–H and O–H groups in total. The third kappa shape index (κ3) is 3.73. The minimum absolute atomic E-state index is 0.00428. The number of unbranched alkanes of at least 4 members (excludes halogenated alkanes) is 1. The zero-order chi connectivity index (χ0) is 11.3. The van der Waals surface area contributed by atoms with E-state index < -0.39 is 0 Å². The molecule has 0 aliphatic heterocycles. The molecule has 0 aromatic rings. The molecule has 1 aliphatic carbocycles. The summed E-state index contributed by atoms with van der Waals surface area (Å²) < 4.78 is 0. The lowest BCUT2D eigenvalue weighted by Crippen LogP contribution is -2.40. The van der Waals surface area contributed by atoms with E-state index in [2.05, 4.69) is 31.4 Å². The van der Waals surface area contributed by atoms with Crippen LogP contribution in [-0.4, -0.2) is 19.1 Å². The summed E-state index contributed by atoms with van der Waals surface area (Å²) in [5.74, 6) is 0.674. The van der Waals surface area contributed by atoms with Gasteiger partial charge in [0, 0.05) is 13.1 Å². The average molecular weight is 212 g/mol. The van der Waals surface area contributed by atoms with Gasteiger partial charge in [0.25, 0.3) is 0 Å². The van der Waals surface area contributed by atoms with Crippen molar-refractivity contribution in [1.29, 1.82) is 0 Å². The molecule has 1 fully saturated rings. The highest BCUT2D eigenvalue weighted by molar-refractivity contribution is 5.73. The number of carbonyl (C=O) groups is 1. The number of hydrogen-bond acceptors (Lipinski definition) is 1. The van der Waals surface area contributed by atoms with Crippen molar-refractivity contribution < 1.29 is 4.79 Å². The molecule has 0 unspecified atom stereocenters. The van der Waals surface area contributed by atoms with Crippen LogP contribution in [-0.2, 0) is 0 Å². The lowest BCUT2D eigenvalue weighted by molar-refractivity contribution is 0.234. The summed E-state index contributed by atoms with van der Waals surface area (Å²) in [6.45, 7) is 8.23. The third-order valence-electron chi connectivity index (χ3n) is 3.53. The Bertz CT molecular complexity index is 210. The summed E-state index contributed by atoms with van der Waals surface area (Å²) in [6, 6.07) is -0.00428. The van der Waals surface area contributed by atoms with E-state index in [1.165, 1.54) is 12.8 Å². The summed E-state index contributed by atoms with van der Waals surface area (Å²) in [6.07, 6.45) is 4.71. The van der Waals surface area contributed by atoms with E-state index in [1.54, 1.807) is 0 Å². The number of nitrogens with one attached hydrogen (secondary N) is 2. The van der Waals surface area contributed by atoms with Crippen molar-refractivity contribution in [3.05, 3.63) is 0 Å². The van der Waals surface area contributed by atoms with Gasteiger partial charge in [-0.1, -0.05) is 27.2 Å². The van der Waals surface area contributed by atoms with E-state index in [0.717, 1.165) is 25.9 Å². The highest BCUT2D eigenvalue weighted by atomic mass is 16.2. The van der Waals surface area contributed by atoms with Crippen LogP contribution in [0.4, 0.5) is 4.79 Å². The van der Waals surface area contributed by atoms with Gasteiger partial charge in [-0.05, 0) is 30.6 Å². The van der Waals surface area contributed by atoms with Crippen molar-refractivity contribution >= 4 is 6.03 Å². The van der Waals surface area contributed by atoms with Gasteiger partial charge >= 0.3 is 6.03 Å². The fourth-order valence-electron chi connectivity index (χ4n) is 1.82. The number of carbonyl (C=O) groups excluding carboxylic acids is 1. The molecule has 2 amide bonds. The molecule has 0 saturated heterocycles. The van der Waals surface area contributed by atoms with Crippen LogP contribution in [0.3, 0.4) is 0 Å². The second-order valence-electron chi connectivity index (χ2n) is 4.98. The summed E-state index contributed by atoms with van der Waals surface area (Å²) in [7, 11) is 0. The minimum Gasteiger partial charge on any atom is -0.338 e. The molecule has 0 aromatic heterocycles. The Balaban J connectivity index is 2.12. The van der Waals surface area contributed by atoms with Crippen LogP contribution in [0.25, 0.3) is 0 Å². The molecule has 1 rings (SSSR count). The predicted molar refractivity (Wildman–Crippen MR) is 62.8 cm³/mol. The Morgan fingerprint density at radius 2 is 2.00 bits per heavy atom. The van der Waals surface area contributed by atoms with Crippen LogP contribution in [0, 0.1) is 11.3 Å². The van der Waals surface area contributed by atoms with E-state index in [9.17, 15) is 4.79 Å². The molecular weight excluding hydrogens is 188 g/mol. The molecule has 0 heterocycles. The Morgan fingerprint density at radius 3 is 2.47 bits per heavy atom. The molecule has 1 saturated carbocycles. The molecular formula is C12H24N2O. The minimum atomic E-state index is -0.00428. The van der Waals surface area contributed by atoms with Gasteiger partial charge in [-0.25, -0.2) is 4.79 Å². The normalized spacial score (nSPS) is 17.6. The first-order valence-electron chi connectivity index (χ1n) is 6.12. The Morgan fingerprint density at radius 1 is 1.33 bits per heavy atom. The summed E-state index contributed by atoms with van der Waals surface area (Å²) in [5.41, 5.74) is 0.405. The van der Waals surface area contributed by atoms with E-state index in [1.807, 2.05) is 0 Å². The molecule has 1 aliphatic rings. The van der Waals surface area contributed by atoms with E-state index in [0.29, 0.717) is 11.3 Å². The topological polar surface area (TPSA) is 41.1 Å². The highest BCUT2D eigenvalue weighted by Crippen LogP contribution is 2.51. The maximum Gasteiger partial charge on any atom is 0.314 e. The van der Waals surface area contributed by atoms with Crippen molar-refractivity contribution in [2.24, 2.45) is 11.3 Å². The van der Waals surface area contributed by atoms with Gasteiger partial charge in [0.2, 0.25) is 0 Å². The standard InChI is InChI=1S/C12H24N2O/c1-4-5-8-13-11(15)14-9-12(6-7-12)10(2)3/h10H,4-9H2,1-3H3,(H2,13,14,15). The summed E-state index contributed by atoms with van der Waals surface area (Å²) >= 11 is 0. The first-order valence-corrected chi connectivity index (χ1v) is 6.12. The van der Waals surface area contributed by atoms with Crippen LogP contribution in [0.1, 0.15) is 46.5 Å². The molecule has 3 heteroatoms. The van der Waals surface area contributed by atoms with Crippen molar-refractivity contribution in [2.45, 2.75) is 46.5 Å². The van der Waals surface area contributed by atoms with Crippen molar-refractivity contribution in [2.75, 3.05) is 13.1 Å². The Kier molecular flexibility index (Phi) is 4.43. The summed E-state index contributed by atoms with van der Waals surface area (Å²) in [4.78, 5) is 11.4. The van der Waals surface area contributed by atoms with Crippen LogP contribution in [0.5, 0.6) is 0 Å². The lowest BCUT2D eigenvalue weighted by Gasteiger charge is -2.20. The van der Waals surface area contributed by atoms with Gasteiger partial charge in [-0.15, -0.1) is 0 Å². The number of rotatable bonds is 6. The lowest BCUT2D eigenvalue weighted by atomic mass is 9.92. The molecule has 0 radical (unpaired) electrons. The van der Waals surface area contributed by atoms with Crippen molar-refractivity contribution in [1.82, 2.24) is 10.6 Å². The van der Waals surface area contributed by atoms with Gasteiger partial charge < -0.3 is 10.6 Å². The molecule has 15 heavy (non-hydrogen) atoms. The summed E-state index contributed by atoms with van der Waals surface area (Å²) in [5, 5.41) is 5.85. The second kappa shape index (κ2) is 5.38. The number of hydrogen-bond donors (Lipinski definition) is 2. The fraction of sp³-hybridized carbons (Fsp3) is 0.917. The van der Waals surface area contributed by atoms with Gasteiger partial charge in [0.1, 0.15) is 0 Å². The van der Waals surface area contributed by atoms with Crippen LogP contribution in [0.15, 0.2) is 0 Å². The molecule has 0 spiro atoms. The molecule has 0 bridgehead atoms. The van der Waals surface area contributed by atoms with Crippen LogP contribution in [0.2, 0.25) is 0 Å². The first-order chi connectivity index (χ1) is 7.10. The van der Waals surface area contributed by atoms with Crippen molar-refractivity contribution in [3.63, 3.8) is 0 Å². The molecule has 0 atom stereocenters. The maximum absolute atomic E-state index is 11.4. The maximum atomic E-state index is 11.4. The Labute approximate surface area is 93.0 Å². The highest BCUT2D eigenvalue weighted by Gasteiger charge is 2.45. The van der Waals surface area contributed by atoms with E-state index in [4.69, 9.17) is 0 Å². The van der Waals surface area contributed by atoms with Gasteiger partial charge in [-0.3, -0.25) is 0 Å². The third-order valence-corrected chi connectivity index (χ3v) is 3.53. The molecule has 0 aromatic carbocycles. The SMILES string of the molecule is CCCCNC(=O)NCC1(C(C)C)CC1. The van der Waals surface area contributed by atoms with Crippen LogP contribution < -0.4 is 10.6 Å². The predicted octanol–water partition coefficient (Wildman–Crippen LogP) is 2.52. The number of amides is 2. The van der Waals surface area contributed by atoms with Gasteiger partial charge in [0.05, 0.1) is 0 Å². The van der Waals surface area contributed by atoms with Gasteiger partial charge in [-0.2, -0.15) is 0 Å². The van der Waals surface area contributed by atoms with E-state index >= 15 is 0 Å². The van der Waals surface area contributed by atoms with Crippen molar-refractivity contribution in [3.8, 4) is 0 Å². The Hall–Kier alpha value is -0.730. The first kappa shape index (κ1) is 12.3. The zero-order valence-electron chi connectivity index (χ0n) is 10.2.